The van der Waals surface area contributed by atoms with Crippen molar-refractivity contribution in [1.29, 1.82) is 0 Å². The number of ether oxygens (including phenoxy) is 1. The van der Waals surface area contributed by atoms with Crippen LogP contribution in [-0.2, 0) is 0 Å². The Labute approximate surface area is 148 Å². The lowest BCUT2D eigenvalue weighted by atomic mass is 10.0. The van der Waals surface area contributed by atoms with Gasteiger partial charge in [0.25, 0.3) is 5.91 Å². The molecule has 0 aliphatic carbocycles. The van der Waals surface area contributed by atoms with Gasteiger partial charge in [-0.3, -0.25) is 4.79 Å². The summed E-state index contributed by atoms with van der Waals surface area (Å²) in [5.74, 6) is 0.404. The number of benzene rings is 3. The number of rotatable bonds is 3. The number of fused-ring (bicyclic) bond motifs is 1. The van der Waals surface area contributed by atoms with Crippen molar-refractivity contribution in [2.45, 2.75) is 6.92 Å². The second-order valence-corrected chi connectivity index (χ2v) is 6.56. The maximum absolute atomic E-state index is 12.7. The first-order valence-electron chi connectivity index (χ1n) is 7.23. The van der Waals surface area contributed by atoms with Crippen molar-refractivity contribution in [1.82, 2.24) is 0 Å². The summed E-state index contributed by atoms with van der Waals surface area (Å²) in [6, 6.07) is 17.6. The number of methoxy groups -OCH3 is 1. The first-order valence-corrected chi connectivity index (χ1v) is 8.30. The number of nitrogens with one attached hydrogen (secondary N) is 1. The van der Waals surface area contributed by atoms with E-state index in [1.165, 1.54) is 0 Å². The Morgan fingerprint density at radius 2 is 1.74 bits per heavy atom. The number of anilines is 1. The molecule has 23 heavy (non-hydrogen) atoms. The Kier molecular flexibility index (Phi) is 4.52. The average molecular weight is 417 g/mol. The van der Waals surface area contributed by atoms with Gasteiger partial charge in [-0.1, -0.05) is 24.3 Å². The molecular weight excluding hydrogens is 401 g/mol. The van der Waals surface area contributed by atoms with Crippen LogP contribution in [0.25, 0.3) is 10.8 Å². The van der Waals surface area contributed by atoms with Crippen LogP contribution in [0.1, 0.15) is 15.9 Å². The van der Waals surface area contributed by atoms with Gasteiger partial charge in [-0.15, -0.1) is 0 Å². The van der Waals surface area contributed by atoms with Crippen molar-refractivity contribution in [3.05, 3.63) is 69.3 Å². The molecular formula is C19H16INO2. The molecule has 3 rings (SSSR count). The Balaban J connectivity index is 1.99. The van der Waals surface area contributed by atoms with Gasteiger partial charge < -0.3 is 10.1 Å². The molecule has 0 spiro atoms. The van der Waals surface area contributed by atoms with Crippen molar-refractivity contribution in [3.8, 4) is 5.75 Å². The minimum atomic E-state index is -0.170. The minimum absolute atomic E-state index is 0.170. The zero-order valence-electron chi connectivity index (χ0n) is 12.9. The van der Waals surface area contributed by atoms with Gasteiger partial charge in [-0.2, -0.15) is 0 Å². The van der Waals surface area contributed by atoms with E-state index in [2.05, 4.69) is 27.9 Å². The average Bonchev–Trinajstić information content (AvgIpc) is 2.56. The molecule has 0 unspecified atom stereocenters. The second-order valence-electron chi connectivity index (χ2n) is 5.31. The third-order valence-corrected chi connectivity index (χ3v) is 4.42. The molecule has 0 aliphatic rings. The van der Waals surface area contributed by atoms with Crippen molar-refractivity contribution in [3.63, 3.8) is 0 Å². The third-order valence-electron chi connectivity index (χ3n) is 3.75. The highest BCUT2D eigenvalue weighted by Gasteiger charge is 2.14. The van der Waals surface area contributed by atoms with Crippen LogP contribution < -0.4 is 10.1 Å². The van der Waals surface area contributed by atoms with E-state index >= 15 is 0 Å². The van der Waals surface area contributed by atoms with E-state index in [9.17, 15) is 4.79 Å². The Morgan fingerprint density at radius 1 is 1.04 bits per heavy atom. The molecule has 1 N–H and O–H groups in total. The van der Waals surface area contributed by atoms with Crippen LogP contribution in [0.15, 0.2) is 54.6 Å². The maximum Gasteiger partial charge on any atom is 0.259 e. The van der Waals surface area contributed by atoms with Gasteiger partial charge in [0.05, 0.1) is 12.7 Å². The lowest BCUT2D eigenvalue weighted by molar-refractivity contribution is 0.102. The fourth-order valence-electron chi connectivity index (χ4n) is 2.52. The second kappa shape index (κ2) is 6.58. The van der Waals surface area contributed by atoms with Gasteiger partial charge in [0.1, 0.15) is 5.75 Å². The lowest BCUT2D eigenvalue weighted by Gasteiger charge is -2.12. The normalized spacial score (nSPS) is 10.6. The van der Waals surface area contributed by atoms with E-state index in [1.807, 2.05) is 61.5 Å². The maximum atomic E-state index is 12.7. The van der Waals surface area contributed by atoms with E-state index in [4.69, 9.17) is 4.74 Å². The molecule has 0 atom stereocenters. The van der Waals surface area contributed by atoms with Gasteiger partial charge in [0.15, 0.2) is 0 Å². The topological polar surface area (TPSA) is 38.3 Å². The molecule has 1 amide bonds. The summed E-state index contributed by atoms with van der Waals surface area (Å²) in [6.45, 7) is 1.98. The van der Waals surface area contributed by atoms with E-state index in [0.717, 1.165) is 25.6 Å². The summed E-state index contributed by atoms with van der Waals surface area (Å²) in [7, 11) is 1.58. The first kappa shape index (κ1) is 15.8. The van der Waals surface area contributed by atoms with E-state index in [0.29, 0.717) is 11.3 Å². The summed E-state index contributed by atoms with van der Waals surface area (Å²) >= 11 is 2.26. The van der Waals surface area contributed by atoms with Crippen LogP contribution in [-0.4, -0.2) is 13.0 Å². The Bertz CT molecular complexity index is 890. The van der Waals surface area contributed by atoms with Crippen LogP contribution in [0.5, 0.6) is 5.75 Å². The largest absolute Gasteiger partial charge is 0.496 e. The van der Waals surface area contributed by atoms with Crippen LogP contribution in [0.2, 0.25) is 0 Å². The molecule has 3 aromatic rings. The highest BCUT2D eigenvalue weighted by molar-refractivity contribution is 14.1. The number of amides is 1. The summed E-state index contributed by atoms with van der Waals surface area (Å²) in [6.07, 6.45) is 0. The molecule has 0 bridgehead atoms. The van der Waals surface area contributed by atoms with E-state index < -0.39 is 0 Å². The highest BCUT2D eigenvalue weighted by Crippen LogP contribution is 2.27. The van der Waals surface area contributed by atoms with Crippen LogP contribution >= 0.6 is 22.6 Å². The van der Waals surface area contributed by atoms with Crippen LogP contribution in [0, 0.1) is 10.5 Å². The molecule has 3 nitrogen and oxygen atoms in total. The molecule has 4 heteroatoms. The Morgan fingerprint density at radius 3 is 2.39 bits per heavy atom. The molecule has 3 aromatic carbocycles. The summed E-state index contributed by atoms with van der Waals surface area (Å²) in [4.78, 5) is 12.7. The quantitative estimate of drug-likeness (QED) is 0.609. The van der Waals surface area contributed by atoms with Crippen molar-refractivity contribution < 1.29 is 9.53 Å². The van der Waals surface area contributed by atoms with E-state index in [1.54, 1.807) is 7.11 Å². The number of carbonyl (C=O) groups is 1. The summed E-state index contributed by atoms with van der Waals surface area (Å²) in [5.41, 5.74) is 2.37. The highest BCUT2D eigenvalue weighted by atomic mass is 127. The van der Waals surface area contributed by atoms with Gasteiger partial charge in [-0.25, -0.2) is 0 Å². The zero-order valence-corrected chi connectivity index (χ0v) is 15.0. The molecule has 0 aliphatic heterocycles. The Hall–Kier alpha value is -2.08. The number of hydrogen-bond acceptors (Lipinski definition) is 2. The van der Waals surface area contributed by atoms with Gasteiger partial charge in [-0.05, 0) is 76.2 Å². The van der Waals surface area contributed by atoms with Crippen LogP contribution in [0.3, 0.4) is 0 Å². The fraction of sp³-hybridized carbons (Fsp3) is 0.105. The molecule has 0 fully saturated rings. The molecule has 116 valence electrons. The van der Waals surface area contributed by atoms with Gasteiger partial charge in [0, 0.05) is 9.26 Å². The van der Waals surface area contributed by atoms with Gasteiger partial charge >= 0.3 is 0 Å². The number of carbonyl (C=O) groups excluding carboxylic acids is 1. The lowest BCUT2D eigenvalue weighted by Crippen LogP contribution is -2.14. The predicted octanol–water partition coefficient (Wildman–Crippen LogP) is 5.01. The molecule has 0 aromatic heterocycles. The summed E-state index contributed by atoms with van der Waals surface area (Å²) in [5, 5.41) is 5.03. The standard InChI is InChI=1S/C19H16INO2/c1-12-9-15(20)7-8-17(12)21-19(22)16-10-13-5-3-4-6-14(13)11-18(16)23-2/h3-11H,1-2H3,(H,21,22). The van der Waals surface area contributed by atoms with Crippen molar-refractivity contribution >= 4 is 45.0 Å². The van der Waals surface area contributed by atoms with Crippen molar-refractivity contribution in [2.24, 2.45) is 0 Å². The SMILES string of the molecule is COc1cc2ccccc2cc1C(=O)Nc1ccc(I)cc1C. The van der Waals surface area contributed by atoms with Crippen molar-refractivity contribution in [2.75, 3.05) is 12.4 Å². The minimum Gasteiger partial charge on any atom is -0.496 e. The molecule has 0 radical (unpaired) electrons. The monoisotopic (exact) mass is 417 g/mol. The fourth-order valence-corrected chi connectivity index (χ4v) is 3.17. The van der Waals surface area contributed by atoms with E-state index in [-0.39, 0.29) is 5.91 Å². The zero-order chi connectivity index (χ0) is 16.4. The number of aryl methyl sites for hydroxylation is 1. The number of halogens is 1. The first-order chi connectivity index (χ1) is 11.1. The smallest absolute Gasteiger partial charge is 0.259 e. The molecule has 0 saturated heterocycles. The van der Waals surface area contributed by atoms with Crippen LogP contribution in [0.4, 0.5) is 5.69 Å². The number of hydrogen-bond donors (Lipinski definition) is 1. The van der Waals surface area contributed by atoms with Gasteiger partial charge in [0.2, 0.25) is 0 Å². The predicted molar refractivity (Wildman–Crippen MR) is 102 cm³/mol. The molecule has 0 heterocycles. The molecule has 0 saturated carbocycles. The third kappa shape index (κ3) is 3.32. The summed E-state index contributed by atoms with van der Waals surface area (Å²) < 4.78 is 6.54.